The maximum absolute atomic E-state index is 12.7. The molecule has 0 saturated heterocycles. The molecule has 3 rings (SSSR count). The first-order valence-electron chi connectivity index (χ1n) is 7.89. The number of benzene rings is 1. The van der Waals surface area contributed by atoms with Gasteiger partial charge < -0.3 is 15.0 Å². The molecular weight excluding hydrogens is 334 g/mol. The quantitative estimate of drug-likeness (QED) is 0.724. The Kier molecular flexibility index (Phi) is 4.74. The summed E-state index contributed by atoms with van der Waals surface area (Å²) in [7, 11) is 1.82. The molecule has 1 aromatic carbocycles. The Balaban J connectivity index is 1.96. The van der Waals surface area contributed by atoms with Gasteiger partial charge in [0, 0.05) is 7.05 Å². The van der Waals surface area contributed by atoms with Crippen molar-refractivity contribution in [2.75, 3.05) is 0 Å². The summed E-state index contributed by atoms with van der Waals surface area (Å²) in [5.74, 6) is -0.414. The highest BCUT2D eigenvalue weighted by molar-refractivity contribution is 5.94. The Morgan fingerprint density at radius 3 is 2.35 bits per heavy atom. The fourth-order valence-corrected chi connectivity index (χ4v) is 2.50. The number of carboxylic acid groups (broad SMARTS) is 1. The van der Waals surface area contributed by atoms with Gasteiger partial charge in [-0.3, -0.25) is 4.79 Å². The van der Waals surface area contributed by atoms with Gasteiger partial charge in [-0.1, -0.05) is 36.4 Å². The molecule has 0 aliphatic carbocycles. The average Bonchev–Trinajstić information content (AvgIpc) is 2.99. The smallest absolute Gasteiger partial charge is 0.354 e. The highest BCUT2D eigenvalue weighted by Gasteiger charge is 2.24. The Morgan fingerprint density at radius 2 is 1.73 bits per heavy atom. The van der Waals surface area contributed by atoms with Crippen LogP contribution in [0.1, 0.15) is 44.2 Å². The molecular formula is C18H17N5O3. The van der Waals surface area contributed by atoms with E-state index in [9.17, 15) is 9.59 Å². The lowest BCUT2D eigenvalue weighted by atomic mass is 10.1. The number of rotatable bonds is 5. The van der Waals surface area contributed by atoms with Crippen molar-refractivity contribution in [2.45, 2.75) is 13.0 Å². The Hall–Kier alpha value is -3.55. The summed E-state index contributed by atoms with van der Waals surface area (Å²) in [6, 6.07) is 13.1. The number of aromatic carboxylic acids is 1. The van der Waals surface area contributed by atoms with Crippen molar-refractivity contribution < 1.29 is 14.7 Å². The second-order valence-corrected chi connectivity index (χ2v) is 5.69. The predicted octanol–water partition coefficient (Wildman–Crippen LogP) is 1.74. The summed E-state index contributed by atoms with van der Waals surface area (Å²) in [5, 5.41) is 20.1. The largest absolute Gasteiger partial charge is 0.477 e. The summed E-state index contributed by atoms with van der Waals surface area (Å²) in [5.41, 5.74) is 0.652. The van der Waals surface area contributed by atoms with Gasteiger partial charge in [-0.2, -0.15) is 0 Å². The van der Waals surface area contributed by atoms with Crippen molar-refractivity contribution in [3.05, 3.63) is 77.1 Å². The van der Waals surface area contributed by atoms with E-state index in [2.05, 4.69) is 20.5 Å². The van der Waals surface area contributed by atoms with Gasteiger partial charge in [0.1, 0.15) is 23.3 Å². The van der Waals surface area contributed by atoms with Crippen LogP contribution in [0.3, 0.4) is 0 Å². The molecule has 2 N–H and O–H groups in total. The van der Waals surface area contributed by atoms with E-state index in [4.69, 9.17) is 5.11 Å². The minimum atomic E-state index is -1.19. The van der Waals surface area contributed by atoms with Crippen molar-refractivity contribution in [3.63, 3.8) is 0 Å². The van der Waals surface area contributed by atoms with E-state index in [1.54, 1.807) is 4.57 Å². The minimum Gasteiger partial charge on any atom is -0.477 e. The van der Waals surface area contributed by atoms with Crippen LogP contribution in [0.25, 0.3) is 0 Å². The third-order valence-electron chi connectivity index (χ3n) is 3.99. The molecule has 8 nitrogen and oxygen atoms in total. The first kappa shape index (κ1) is 17.3. The summed E-state index contributed by atoms with van der Waals surface area (Å²) in [6.45, 7) is 1.82. The molecule has 8 heteroatoms. The van der Waals surface area contributed by atoms with Gasteiger partial charge in [-0.15, -0.1) is 10.2 Å². The van der Waals surface area contributed by atoms with Gasteiger partial charge in [-0.05, 0) is 24.6 Å². The van der Waals surface area contributed by atoms with E-state index >= 15 is 0 Å². The first-order valence-corrected chi connectivity index (χ1v) is 7.89. The van der Waals surface area contributed by atoms with E-state index in [0.717, 1.165) is 5.56 Å². The monoisotopic (exact) mass is 351 g/mol. The first-order chi connectivity index (χ1) is 12.5. The van der Waals surface area contributed by atoms with Crippen LogP contribution < -0.4 is 5.32 Å². The van der Waals surface area contributed by atoms with Crippen molar-refractivity contribution in [1.82, 2.24) is 25.1 Å². The maximum atomic E-state index is 12.7. The van der Waals surface area contributed by atoms with Crippen molar-refractivity contribution in [1.29, 1.82) is 0 Å². The highest BCUT2D eigenvalue weighted by Crippen LogP contribution is 2.21. The maximum Gasteiger partial charge on any atom is 0.354 e. The normalized spacial score (nSPS) is 11.8. The van der Waals surface area contributed by atoms with E-state index in [0.29, 0.717) is 11.6 Å². The van der Waals surface area contributed by atoms with E-state index in [-0.39, 0.29) is 11.4 Å². The van der Waals surface area contributed by atoms with Crippen LogP contribution in [0.5, 0.6) is 0 Å². The zero-order chi connectivity index (χ0) is 18.7. The number of carboxylic acids is 1. The fraction of sp³-hybridized carbons (Fsp3) is 0.167. The third kappa shape index (κ3) is 3.44. The van der Waals surface area contributed by atoms with Gasteiger partial charge in [0.25, 0.3) is 5.91 Å². The number of pyridine rings is 1. The molecule has 0 aliphatic heterocycles. The highest BCUT2D eigenvalue weighted by atomic mass is 16.4. The van der Waals surface area contributed by atoms with Gasteiger partial charge in [0.2, 0.25) is 0 Å². The minimum absolute atomic E-state index is 0.0183. The van der Waals surface area contributed by atoms with E-state index in [1.165, 1.54) is 18.2 Å². The molecule has 2 aromatic heterocycles. The molecule has 0 saturated carbocycles. The topological polar surface area (TPSA) is 110 Å². The van der Waals surface area contributed by atoms with Crippen LogP contribution in [0.15, 0.2) is 48.5 Å². The summed E-state index contributed by atoms with van der Waals surface area (Å²) in [6.07, 6.45) is 0. The number of aryl methyl sites for hydroxylation is 1. The zero-order valence-electron chi connectivity index (χ0n) is 14.2. The van der Waals surface area contributed by atoms with Gasteiger partial charge in [0.15, 0.2) is 5.82 Å². The van der Waals surface area contributed by atoms with Crippen LogP contribution in [-0.2, 0) is 7.05 Å². The Labute approximate surface area is 149 Å². The number of carbonyl (C=O) groups excluding carboxylic acids is 1. The molecule has 0 fully saturated rings. The number of aromatic nitrogens is 4. The van der Waals surface area contributed by atoms with Gasteiger partial charge >= 0.3 is 5.97 Å². The standard InChI is InChI=1S/C18H17N5O3/c1-11-21-22-16(23(11)2)15(12-7-4-3-5-8-12)20-17(24)13-9-6-10-14(19-13)18(25)26/h3-10,15H,1-2H3,(H,20,24)(H,25,26)/t15-/m1/s1. The Morgan fingerprint density at radius 1 is 1.04 bits per heavy atom. The SMILES string of the molecule is Cc1nnc([C@H](NC(=O)c2cccc(C(=O)O)n2)c2ccccc2)n1C. The van der Waals surface area contributed by atoms with Crippen LogP contribution in [0, 0.1) is 6.92 Å². The number of carbonyl (C=O) groups is 2. The molecule has 1 atom stereocenters. The molecule has 2 heterocycles. The molecule has 0 radical (unpaired) electrons. The lowest BCUT2D eigenvalue weighted by molar-refractivity contribution is 0.0690. The molecule has 1 amide bonds. The van der Waals surface area contributed by atoms with Crippen LogP contribution in [0.2, 0.25) is 0 Å². The number of hydrogen-bond donors (Lipinski definition) is 2. The second kappa shape index (κ2) is 7.14. The Bertz CT molecular complexity index is 952. The van der Waals surface area contributed by atoms with Crippen LogP contribution >= 0.6 is 0 Å². The molecule has 0 spiro atoms. The summed E-state index contributed by atoms with van der Waals surface area (Å²) >= 11 is 0. The van der Waals surface area contributed by atoms with Gasteiger partial charge in [-0.25, -0.2) is 9.78 Å². The fourth-order valence-electron chi connectivity index (χ4n) is 2.50. The molecule has 3 aromatic rings. The summed E-state index contributed by atoms with van der Waals surface area (Å²) < 4.78 is 1.79. The molecule has 0 unspecified atom stereocenters. The third-order valence-corrected chi connectivity index (χ3v) is 3.99. The lowest BCUT2D eigenvalue weighted by Gasteiger charge is -2.18. The number of amides is 1. The molecule has 132 valence electrons. The van der Waals surface area contributed by atoms with Crippen LogP contribution in [0.4, 0.5) is 0 Å². The molecule has 0 aliphatic rings. The molecule has 26 heavy (non-hydrogen) atoms. The summed E-state index contributed by atoms with van der Waals surface area (Å²) in [4.78, 5) is 27.6. The number of nitrogens with zero attached hydrogens (tertiary/aromatic N) is 4. The predicted molar refractivity (Wildman–Crippen MR) is 92.7 cm³/mol. The lowest BCUT2D eigenvalue weighted by Crippen LogP contribution is -2.32. The number of nitrogens with one attached hydrogen (secondary N) is 1. The van der Waals surface area contributed by atoms with Crippen LogP contribution in [-0.4, -0.2) is 36.7 Å². The van der Waals surface area contributed by atoms with E-state index in [1.807, 2.05) is 44.3 Å². The van der Waals surface area contributed by atoms with Gasteiger partial charge in [0.05, 0.1) is 0 Å². The second-order valence-electron chi connectivity index (χ2n) is 5.69. The number of hydrogen-bond acceptors (Lipinski definition) is 5. The van der Waals surface area contributed by atoms with Crippen molar-refractivity contribution >= 4 is 11.9 Å². The van der Waals surface area contributed by atoms with Crippen molar-refractivity contribution in [3.8, 4) is 0 Å². The molecule has 0 bridgehead atoms. The average molecular weight is 351 g/mol. The van der Waals surface area contributed by atoms with E-state index < -0.39 is 17.9 Å². The zero-order valence-corrected chi connectivity index (χ0v) is 14.2. The van der Waals surface area contributed by atoms with Crippen molar-refractivity contribution in [2.24, 2.45) is 7.05 Å².